The first-order valence-electron chi connectivity index (χ1n) is 16.9. The van der Waals surface area contributed by atoms with Gasteiger partial charge in [-0.25, -0.2) is 13.2 Å². The Bertz CT molecular complexity index is 1870. The van der Waals surface area contributed by atoms with Crippen LogP contribution in [0.3, 0.4) is 0 Å². The molecule has 8 nitrogen and oxygen atoms in total. The predicted molar refractivity (Wildman–Crippen MR) is 174 cm³/mol. The van der Waals surface area contributed by atoms with Crippen molar-refractivity contribution in [3.8, 4) is 23.0 Å². The normalized spacial score (nSPS) is 27.8. The maximum absolute atomic E-state index is 16.9. The van der Waals surface area contributed by atoms with E-state index in [0.29, 0.717) is 60.0 Å². The lowest BCUT2D eigenvalue weighted by atomic mass is 9.78. The van der Waals surface area contributed by atoms with E-state index in [-0.39, 0.29) is 46.7 Å². The second-order valence-electron chi connectivity index (χ2n) is 14.3. The number of phenols is 1. The van der Waals surface area contributed by atoms with Crippen LogP contribution in [-0.2, 0) is 6.42 Å². The molecule has 2 aromatic heterocycles. The van der Waals surface area contributed by atoms with Gasteiger partial charge in [0.25, 0.3) is 0 Å². The molecule has 0 bridgehead atoms. The topological polar surface area (TPSA) is 94.8 Å². The van der Waals surface area contributed by atoms with Gasteiger partial charge in [0.2, 0.25) is 0 Å². The summed E-state index contributed by atoms with van der Waals surface area (Å²) in [5.41, 5.74) is 0.160. The Hall–Kier alpha value is -3.70. The summed E-state index contributed by atoms with van der Waals surface area (Å²) in [5.74, 6) is -0.704. The number of alkyl halides is 1. The van der Waals surface area contributed by atoms with E-state index in [1.54, 1.807) is 12.3 Å². The number of anilines is 1. The van der Waals surface area contributed by atoms with Gasteiger partial charge >= 0.3 is 6.01 Å². The van der Waals surface area contributed by atoms with Crippen LogP contribution in [0.1, 0.15) is 63.9 Å². The van der Waals surface area contributed by atoms with Gasteiger partial charge in [-0.15, -0.1) is 0 Å². The lowest BCUT2D eigenvalue weighted by Crippen LogP contribution is -2.44. The fraction of sp³-hybridized carbons (Fsp3) is 0.528. The number of piperidine rings is 1. The molecule has 2 aromatic carbocycles. The van der Waals surface area contributed by atoms with Gasteiger partial charge in [0.15, 0.2) is 5.82 Å². The van der Waals surface area contributed by atoms with Gasteiger partial charge < -0.3 is 19.8 Å². The Balaban J connectivity index is 1.26. The molecule has 0 amide bonds. The van der Waals surface area contributed by atoms with E-state index < -0.39 is 23.3 Å². The maximum atomic E-state index is 16.9. The van der Waals surface area contributed by atoms with Crippen LogP contribution in [0.4, 0.5) is 19.0 Å². The molecular weight excluding hydrogens is 607 g/mol. The number of hydrogen-bond donors (Lipinski definition) is 2. The minimum atomic E-state index is -0.917. The number of aliphatic hydroxyl groups is 1. The maximum Gasteiger partial charge on any atom is 0.319 e. The largest absolute Gasteiger partial charge is 0.508 e. The molecule has 1 aliphatic carbocycles. The lowest BCUT2D eigenvalue weighted by Gasteiger charge is -2.41. The Kier molecular flexibility index (Phi) is 7.48. The second-order valence-corrected chi connectivity index (χ2v) is 14.3. The van der Waals surface area contributed by atoms with Crippen LogP contribution in [0.25, 0.3) is 32.9 Å². The molecule has 4 aliphatic rings. The number of nitrogens with zero attached hydrogens (tertiary/aromatic N) is 5. The average Bonchev–Trinajstić information content (AvgIpc) is 3.71. The van der Waals surface area contributed by atoms with Gasteiger partial charge in [-0.2, -0.15) is 9.97 Å². The molecule has 8 rings (SSSR count). The Morgan fingerprint density at radius 1 is 1.06 bits per heavy atom. The van der Waals surface area contributed by atoms with E-state index in [1.165, 1.54) is 18.2 Å². The van der Waals surface area contributed by atoms with Crippen molar-refractivity contribution in [3.63, 3.8) is 0 Å². The summed E-state index contributed by atoms with van der Waals surface area (Å²) in [6.45, 7) is 4.59. The van der Waals surface area contributed by atoms with Crippen molar-refractivity contribution in [2.45, 2.75) is 82.5 Å². The summed E-state index contributed by atoms with van der Waals surface area (Å²) >= 11 is 0. The van der Waals surface area contributed by atoms with E-state index in [9.17, 15) is 19.0 Å². The third-order valence-electron chi connectivity index (χ3n) is 11.3. The highest BCUT2D eigenvalue weighted by atomic mass is 19.1. The highest BCUT2D eigenvalue weighted by Gasteiger charge is 2.49. The molecule has 1 saturated carbocycles. The summed E-state index contributed by atoms with van der Waals surface area (Å²) in [5, 5.41) is 22.5. The first-order valence-corrected chi connectivity index (χ1v) is 16.9. The highest BCUT2D eigenvalue weighted by Crippen LogP contribution is 2.47. The number of halogens is 3. The Labute approximate surface area is 271 Å². The summed E-state index contributed by atoms with van der Waals surface area (Å²) in [6.07, 6.45) is 7.14. The van der Waals surface area contributed by atoms with E-state index in [1.807, 2.05) is 6.92 Å². The number of rotatable bonds is 6. The molecule has 11 heteroatoms. The van der Waals surface area contributed by atoms with E-state index in [0.717, 1.165) is 51.5 Å². The molecular formula is C36H40F3N5O3. The number of hydrogen-bond acceptors (Lipinski definition) is 8. The molecule has 4 aromatic rings. The number of aliphatic hydroxyl groups excluding tert-OH is 1. The number of aromatic nitrogens is 3. The van der Waals surface area contributed by atoms with Crippen LogP contribution in [0, 0.1) is 17.0 Å². The van der Waals surface area contributed by atoms with E-state index >= 15 is 4.39 Å². The Morgan fingerprint density at radius 3 is 2.72 bits per heavy atom. The molecule has 3 aliphatic heterocycles. The van der Waals surface area contributed by atoms with Crippen molar-refractivity contribution in [2.75, 3.05) is 37.7 Å². The first-order chi connectivity index (χ1) is 22.7. The van der Waals surface area contributed by atoms with Gasteiger partial charge in [0, 0.05) is 37.8 Å². The average molecular weight is 648 g/mol. The van der Waals surface area contributed by atoms with Crippen LogP contribution in [0.2, 0.25) is 0 Å². The third kappa shape index (κ3) is 5.17. The third-order valence-corrected chi connectivity index (χ3v) is 11.3. The fourth-order valence-corrected chi connectivity index (χ4v) is 9.13. The molecule has 3 saturated heterocycles. The van der Waals surface area contributed by atoms with Gasteiger partial charge in [0.05, 0.1) is 17.0 Å². The number of phenolic OH excluding ortho intramolecular Hbond substituents is 1. The van der Waals surface area contributed by atoms with Gasteiger partial charge in [0.1, 0.15) is 41.4 Å². The minimum Gasteiger partial charge on any atom is -0.508 e. The van der Waals surface area contributed by atoms with Crippen LogP contribution < -0.4 is 9.64 Å². The molecule has 47 heavy (non-hydrogen) atoms. The van der Waals surface area contributed by atoms with Crippen LogP contribution >= 0.6 is 0 Å². The highest BCUT2D eigenvalue weighted by molar-refractivity contribution is 6.01. The zero-order chi connectivity index (χ0) is 32.5. The summed E-state index contributed by atoms with van der Waals surface area (Å²) in [7, 11) is 0. The monoisotopic (exact) mass is 647 g/mol. The first kappa shape index (κ1) is 30.6. The molecule has 4 fully saturated rings. The predicted octanol–water partition coefficient (Wildman–Crippen LogP) is 6.48. The summed E-state index contributed by atoms with van der Waals surface area (Å²) in [4.78, 5) is 18.3. The van der Waals surface area contributed by atoms with Crippen molar-refractivity contribution < 1.29 is 28.1 Å². The zero-order valence-electron chi connectivity index (χ0n) is 26.6. The molecule has 248 valence electrons. The summed E-state index contributed by atoms with van der Waals surface area (Å²) < 4.78 is 52.7. The quantitative estimate of drug-likeness (QED) is 0.246. The lowest BCUT2D eigenvalue weighted by molar-refractivity contribution is 0.107. The molecule has 1 spiro atoms. The van der Waals surface area contributed by atoms with Crippen LogP contribution in [-0.4, -0.2) is 80.7 Å². The van der Waals surface area contributed by atoms with E-state index in [4.69, 9.17) is 9.72 Å². The van der Waals surface area contributed by atoms with Gasteiger partial charge in [-0.1, -0.05) is 13.0 Å². The molecule has 2 N–H and O–H groups in total. The Morgan fingerprint density at radius 2 is 1.91 bits per heavy atom. The molecule has 0 radical (unpaired) electrons. The SMILES string of the molecule is CCc1c(F)ccc2cc(O)cc(-c3ncc4c(N5CCCC6(CCC(O)C6)C5)nc(OC[C@@]56CCCN5C[C@H](F)C6)nc4c3F)c12. The number of aryl methyl sites for hydroxylation is 1. The second kappa shape index (κ2) is 11.5. The number of aromatic hydroxyl groups is 1. The molecule has 2 unspecified atom stereocenters. The van der Waals surface area contributed by atoms with Crippen molar-refractivity contribution in [1.29, 1.82) is 0 Å². The molecule has 4 atom stereocenters. The van der Waals surface area contributed by atoms with Gasteiger partial charge in [-0.05, 0) is 97.9 Å². The minimum absolute atomic E-state index is 0.0132. The van der Waals surface area contributed by atoms with Crippen molar-refractivity contribution in [2.24, 2.45) is 5.41 Å². The van der Waals surface area contributed by atoms with Crippen LogP contribution in [0.5, 0.6) is 11.8 Å². The zero-order valence-corrected chi connectivity index (χ0v) is 26.6. The van der Waals surface area contributed by atoms with Crippen molar-refractivity contribution >= 4 is 27.5 Å². The smallest absolute Gasteiger partial charge is 0.319 e. The number of fused-ring (bicyclic) bond motifs is 3. The van der Waals surface area contributed by atoms with Crippen molar-refractivity contribution in [3.05, 3.63) is 47.7 Å². The number of ether oxygens (including phenoxy) is 1. The summed E-state index contributed by atoms with van der Waals surface area (Å²) in [6, 6.07) is 5.89. The van der Waals surface area contributed by atoms with Gasteiger partial charge in [-0.3, -0.25) is 9.88 Å². The van der Waals surface area contributed by atoms with Crippen LogP contribution in [0.15, 0.2) is 30.5 Å². The van der Waals surface area contributed by atoms with E-state index in [2.05, 4.69) is 19.8 Å². The standard InChI is InChI=1S/C36H40F3N5O3/c1-2-25-28(38)6-5-21-13-24(46)14-26(29(21)25)31-30(39)32-27(17-40-31)33(43-11-3-8-35(19-43)10-7-23(45)16-35)42-34(41-32)47-20-36-9-4-12-44(36)18-22(37)15-36/h5-6,13-14,17,22-23,45-46H,2-4,7-12,15-16,18-20H2,1H3/t22-,23?,35?,36+/m1/s1. The van der Waals surface area contributed by atoms with Crippen molar-refractivity contribution in [1.82, 2.24) is 19.9 Å². The fourth-order valence-electron chi connectivity index (χ4n) is 9.13. The number of pyridine rings is 1. The molecule has 5 heterocycles. The number of benzene rings is 2.